The Bertz CT molecular complexity index is 1120. The number of hydrogen-bond acceptors (Lipinski definition) is 9. The van der Waals surface area contributed by atoms with E-state index in [2.05, 4.69) is 10.4 Å². The fourth-order valence-electron chi connectivity index (χ4n) is 2.22. The third kappa shape index (κ3) is 5.09. The number of nitrogens with zero attached hydrogens (tertiary/aromatic N) is 2. The van der Waals surface area contributed by atoms with Gasteiger partial charge in [-0.05, 0) is 54.2 Å². The van der Waals surface area contributed by atoms with Crippen molar-refractivity contribution in [3.05, 3.63) is 50.8 Å². The molecule has 29 heavy (non-hydrogen) atoms. The van der Waals surface area contributed by atoms with Crippen molar-refractivity contribution >= 4 is 69.4 Å². The summed E-state index contributed by atoms with van der Waals surface area (Å²) in [5.41, 5.74) is 6.43. The zero-order valence-corrected chi connectivity index (χ0v) is 18.2. The van der Waals surface area contributed by atoms with Crippen LogP contribution >= 0.6 is 46.7 Å². The second-order valence-electron chi connectivity index (χ2n) is 5.45. The first kappa shape index (κ1) is 21.2. The first-order valence-electron chi connectivity index (χ1n) is 7.98. The van der Waals surface area contributed by atoms with E-state index >= 15 is 0 Å². The zero-order valence-electron chi connectivity index (χ0n) is 14.9. The van der Waals surface area contributed by atoms with E-state index in [1.165, 1.54) is 29.2 Å². The first-order chi connectivity index (χ1) is 13.9. The number of ether oxygens (including phenoxy) is 1. The fraction of sp³-hybridized carbons (Fsp3) is 0.118. The number of thiophene rings is 1. The van der Waals surface area contributed by atoms with Gasteiger partial charge in [0.2, 0.25) is 0 Å². The molecule has 3 aromatic rings. The molecule has 0 aliphatic heterocycles. The van der Waals surface area contributed by atoms with Crippen molar-refractivity contribution in [1.29, 1.82) is 0 Å². The Morgan fingerprint density at radius 3 is 2.62 bits per heavy atom. The minimum atomic E-state index is -0.653. The molecule has 0 spiro atoms. The number of esters is 1. The highest BCUT2D eigenvalue weighted by Crippen LogP contribution is 2.23. The van der Waals surface area contributed by atoms with Crippen molar-refractivity contribution in [3.8, 4) is 5.69 Å². The molecule has 0 atom stereocenters. The maximum absolute atomic E-state index is 12.2. The van der Waals surface area contributed by atoms with Crippen LogP contribution < -0.4 is 11.1 Å². The van der Waals surface area contributed by atoms with Gasteiger partial charge >= 0.3 is 5.97 Å². The molecule has 150 valence electrons. The third-order valence-corrected chi connectivity index (χ3v) is 6.61. The van der Waals surface area contributed by atoms with Crippen molar-refractivity contribution in [1.82, 2.24) is 9.78 Å². The number of aromatic nitrogens is 2. The molecule has 0 unspecified atom stereocenters. The van der Waals surface area contributed by atoms with Crippen LogP contribution in [0.25, 0.3) is 5.69 Å². The number of thioether (sulfide) groups is 1. The Morgan fingerprint density at radius 2 is 2.00 bits per heavy atom. The summed E-state index contributed by atoms with van der Waals surface area (Å²) in [5.74, 6) is -1.87. The normalized spacial score (nSPS) is 10.5. The number of nitrogens with one attached hydrogen (secondary N) is 1. The van der Waals surface area contributed by atoms with E-state index < -0.39 is 24.4 Å². The molecule has 0 saturated heterocycles. The Balaban J connectivity index is 1.60. The van der Waals surface area contributed by atoms with Gasteiger partial charge in [-0.3, -0.25) is 9.59 Å². The second kappa shape index (κ2) is 9.31. The van der Waals surface area contributed by atoms with Gasteiger partial charge < -0.3 is 15.8 Å². The van der Waals surface area contributed by atoms with Gasteiger partial charge in [-0.1, -0.05) is 23.1 Å². The molecule has 0 saturated carbocycles. The van der Waals surface area contributed by atoms with E-state index in [0.717, 1.165) is 21.4 Å². The lowest BCUT2D eigenvalue weighted by atomic mass is 10.2. The predicted octanol–water partition coefficient (Wildman–Crippen LogP) is 3.34. The number of amides is 2. The van der Waals surface area contributed by atoms with Crippen LogP contribution in [-0.4, -0.2) is 40.4 Å². The number of rotatable bonds is 7. The van der Waals surface area contributed by atoms with Gasteiger partial charge in [-0.15, -0.1) is 16.4 Å². The molecule has 12 heteroatoms. The van der Waals surface area contributed by atoms with Crippen LogP contribution in [0, 0.1) is 3.95 Å². The predicted molar refractivity (Wildman–Crippen MR) is 116 cm³/mol. The van der Waals surface area contributed by atoms with Crippen molar-refractivity contribution < 1.29 is 19.1 Å². The number of carbonyl (C=O) groups excluding carboxylic acids is 3. The highest BCUT2D eigenvalue weighted by Gasteiger charge is 2.15. The summed E-state index contributed by atoms with van der Waals surface area (Å²) >= 11 is 9.34. The molecular weight excluding hydrogens is 452 g/mol. The largest absolute Gasteiger partial charge is 0.452 e. The molecule has 0 aliphatic rings. The van der Waals surface area contributed by atoms with Crippen molar-refractivity contribution in [3.63, 3.8) is 0 Å². The summed E-state index contributed by atoms with van der Waals surface area (Å²) in [4.78, 5) is 35.4. The second-order valence-corrected chi connectivity index (χ2v) is 9.04. The van der Waals surface area contributed by atoms with E-state index in [4.69, 9.17) is 22.7 Å². The maximum Gasteiger partial charge on any atom is 0.338 e. The summed E-state index contributed by atoms with van der Waals surface area (Å²) in [6, 6.07) is 8.04. The number of carbonyl (C=O) groups is 3. The quantitative estimate of drug-likeness (QED) is 0.312. The average Bonchev–Trinajstić information content (AvgIpc) is 3.32. The van der Waals surface area contributed by atoms with Crippen molar-refractivity contribution in [2.75, 3.05) is 18.2 Å². The van der Waals surface area contributed by atoms with Crippen molar-refractivity contribution in [2.24, 2.45) is 5.73 Å². The van der Waals surface area contributed by atoms with Crippen molar-refractivity contribution in [2.45, 2.75) is 4.34 Å². The van der Waals surface area contributed by atoms with E-state index in [-0.39, 0.29) is 11.1 Å². The number of nitrogens with two attached hydrogens (primary N) is 1. The molecule has 2 heterocycles. The molecule has 0 radical (unpaired) electrons. The molecule has 0 bridgehead atoms. The van der Waals surface area contributed by atoms with Gasteiger partial charge in [0.25, 0.3) is 11.8 Å². The lowest BCUT2D eigenvalue weighted by Crippen LogP contribution is -2.22. The molecule has 0 aliphatic carbocycles. The highest BCUT2D eigenvalue weighted by atomic mass is 32.2. The minimum absolute atomic E-state index is 0.204. The number of anilines is 1. The standard InChI is InChI=1S/C17H14N4O4S4/c1-27-16-20-21(17(26)29-16)10-4-2-9(3-5-10)15(24)25-8-12(22)19-14-11(13(18)23)6-7-28-14/h2-7H,8H2,1H3,(H2,18,23)(H,19,22). The van der Waals surface area contributed by atoms with Crippen LogP contribution in [0.2, 0.25) is 0 Å². The van der Waals surface area contributed by atoms with Crippen LogP contribution in [0.1, 0.15) is 20.7 Å². The molecule has 2 amide bonds. The Hall–Kier alpha value is -2.54. The van der Waals surface area contributed by atoms with Crippen LogP contribution in [0.5, 0.6) is 0 Å². The molecule has 2 aromatic heterocycles. The lowest BCUT2D eigenvalue weighted by molar-refractivity contribution is -0.119. The van der Waals surface area contributed by atoms with Crippen LogP contribution in [0.3, 0.4) is 0 Å². The number of hydrogen-bond donors (Lipinski definition) is 2. The molecule has 0 fully saturated rings. The van der Waals surface area contributed by atoms with E-state index in [1.807, 2.05) is 6.26 Å². The summed E-state index contributed by atoms with van der Waals surface area (Å²) in [5, 5.41) is 8.82. The van der Waals surface area contributed by atoms with E-state index in [0.29, 0.717) is 8.96 Å². The lowest BCUT2D eigenvalue weighted by Gasteiger charge is -2.07. The zero-order chi connectivity index (χ0) is 21.0. The van der Waals surface area contributed by atoms with Gasteiger partial charge in [0.1, 0.15) is 5.00 Å². The maximum atomic E-state index is 12.2. The topological polar surface area (TPSA) is 116 Å². The summed E-state index contributed by atoms with van der Waals surface area (Å²) in [6.07, 6.45) is 1.92. The van der Waals surface area contributed by atoms with Crippen LogP contribution in [0.4, 0.5) is 5.00 Å². The molecule has 8 nitrogen and oxygen atoms in total. The Labute approximate surface area is 182 Å². The van der Waals surface area contributed by atoms with Gasteiger partial charge in [0.15, 0.2) is 14.9 Å². The minimum Gasteiger partial charge on any atom is -0.452 e. The molecule has 3 rings (SSSR count). The summed E-state index contributed by atoms with van der Waals surface area (Å²) in [7, 11) is 0. The number of primary amides is 1. The average molecular weight is 467 g/mol. The van der Waals surface area contributed by atoms with E-state index in [1.54, 1.807) is 34.3 Å². The third-order valence-electron chi connectivity index (χ3n) is 3.57. The fourth-order valence-corrected chi connectivity index (χ4v) is 4.81. The number of benzene rings is 1. The van der Waals surface area contributed by atoms with Gasteiger partial charge in [-0.25, -0.2) is 9.48 Å². The molecular formula is C17H14N4O4S4. The molecule has 3 N–H and O–H groups in total. The SMILES string of the molecule is CSc1nn(-c2ccc(C(=O)OCC(=O)Nc3sccc3C(N)=O)cc2)c(=S)s1. The van der Waals surface area contributed by atoms with Crippen LogP contribution in [-0.2, 0) is 9.53 Å². The van der Waals surface area contributed by atoms with Gasteiger partial charge in [0, 0.05) is 0 Å². The van der Waals surface area contributed by atoms with Gasteiger partial charge in [-0.2, -0.15) is 0 Å². The van der Waals surface area contributed by atoms with E-state index in [9.17, 15) is 14.4 Å². The molecule has 1 aromatic carbocycles. The van der Waals surface area contributed by atoms with Crippen LogP contribution in [0.15, 0.2) is 40.1 Å². The summed E-state index contributed by atoms with van der Waals surface area (Å²) in [6.45, 7) is -0.495. The monoisotopic (exact) mass is 466 g/mol. The Kier molecular flexibility index (Phi) is 6.79. The summed E-state index contributed by atoms with van der Waals surface area (Å²) < 4.78 is 8.08. The highest BCUT2D eigenvalue weighted by molar-refractivity contribution is 8.00. The first-order valence-corrected chi connectivity index (χ1v) is 11.3. The van der Waals surface area contributed by atoms with Gasteiger partial charge in [0.05, 0.1) is 16.8 Å². The Morgan fingerprint density at radius 1 is 1.28 bits per heavy atom. The smallest absolute Gasteiger partial charge is 0.338 e.